The van der Waals surface area contributed by atoms with Crippen LogP contribution in [-0.2, 0) is 14.6 Å². The molecule has 0 fully saturated rings. The van der Waals surface area contributed by atoms with Gasteiger partial charge in [0.25, 0.3) is 0 Å². The maximum Gasteiger partial charge on any atom is 0.234 e. The van der Waals surface area contributed by atoms with Gasteiger partial charge in [-0.15, -0.1) is 0 Å². The topological polar surface area (TPSA) is 72.7 Å². The first-order valence-corrected chi connectivity index (χ1v) is 22.2. The van der Waals surface area contributed by atoms with Crippen LogP contribution in [0.5, 0.6) is 0 Å². The van der Waals surface area contributed by atoms with Crippen molar-refractivity contribution in [3.63, 3.8) is 0 Å². The Hall–Kier alpha value is -0.660. The molecular weight excluding hydrogens is 605 g/mol. The molecule has 1 aliphatic rings. The van der Waals surface area contributed by atoms with Gasteiger partial charge >= 0.3 is 0 Å². The van der Waals surface area contributed by atoms with E-state index in [1.54, 1.807) is 0 Å². The predicted octanol–water partition coefficient (Wildman–Crippen LogP) is 12.0. The molecule has 0 aromatic carbocycles. The van der Waals surface area contributed by atoms with Crippen molar-refractivity contribution in [2.24, 2.45) is 0 Å². The fraction of sp³-hybridized carbons (Fsp3) is 0.975. The fourth-order valence-electron chi connectivity index (χ4n) is 6.86. The van der Waals surface area contributed by atoms with Crippen LogP contribution in [0.1, 0.15) is 220 Å². The summed E-state index contributed by atoms with van der Waals surface area (Å²) in [6.45, 7) is 11.9. The van der Waals surface area contributed by atoms with E-state index in [1.807, 2.05) is 0 Å². The summed E-state index contributed by atoms with van der Waals surface area (Å²) in [5.74, 6) is 0. The van der Waals surface area contributed by atoms with Gasteiger partial charge in [0, 0.05) is 0 Å². The third-order valence-corrected chi connectivity index (χ3v) is 10.4. The summed E-state index contributed by atoms with van der Waals surface area (Å²) < 4.78 is 34.7. The van der Waals surface area contributed by atoms with Crippen LogP contribution in [0.15, 0.2) is 0 Å². The van der Waals surface area contributed by atoms with Crippen molar-refractivity contribution in [1.29, 1.82) is 0 Å². The first-order valence-electron chi connectivity index (χ1n) is 20.8. The zero-order valence-corrected chi connectivity index (χ0v) is 32.9. The van der Waals surface area contributed by atoms with E-state index >= 15 is 0 Å². The Kier molecular flexibility index (Phi) is 34.7. The molecule has 282 valence electrons. The molecule has 0 radical (unpaired) electrons. The Morgan fingerprint density at radius 2 is 0.894 bits per heavy atom. The summed E-state index contributed by atoms with van der Waals surface area (Å²) in [5.41, 5.74) is 0. The second-order valence-corrected chi connectivity index (χ2v) is 15.3. The number of unbranched alkanes of at least 4 members (excludes halogenated alkanes) is 26. The molecule has 0 spiro atoms. The summed E-state index contributed by atoms with van der Waals surface area (Å²) in [7, 11) is -4.42. The fourth-order valence-corrected chi connectivity index (χ4v) is 7.14. The van der Waals surface area contributed by atoms with E-state index in [0.717, 1.165) is 6.04 Å². The molecule has 0 bridgehead atoms. The van der Waals surface area contributed by atoms with Gasteiger partial charge in [-0.05, 0) is 39.5 Å². The van der Waals surface area contributed by atoms with Gasteiger partial charge in [0.15, 0.2) is 0 Å². The molecule has 0 aromatic rings. The van der Waals surface area contributed by atoms with Crippen molar-refractivity contribution in [3.05, 3.63) is 0 Å². The van der Waals surface area contributed by atoms with Crippen LogP contribution in [0.25, 0.3) is 0 Å². The largest absolute Gasteiger partial charge is 0.726 e. The van der Waals surface area contributed by atoms with E-state index < -0.39 is 10.4 Å². The van der Waals surface area contributed by atoms with Gasteiger partial charge in [0.05, 0.1) is 19.2 Å². The van der Waals surface area contributed by atoms with Gasteiger partial charge in [-0.25, -0.2) is 8.42 Å². The van der Waals surface area contributed by atoms with E-state index in [1.165, 1.54) is 219 Å². The monoisotopic (exact) mass is 687 g/mol. The second kappa shape index (κ2) is 35.2. The normalized spacial score (nSPS) is 13.3. The highest BCUT2D eigenvalue weighted by atomic mass is 32.3. The zero-order chi connectivity index (χ0) is 34.7. The molecule has 0 unspecified atom stereocenters. The van der Waals surface area contributed by atoms with E-state index in [-0.39, 0.29) is 6.61 Å². The van der Waals surface area contributed by atoms with Gasteiger partial charge in [0.2, 0.25) is 16.7 Å². The highest BCUT2D eigenvalue weighted by Gasteiger charge is 2.24. The summed E-state index contributed by atoms with van der Waals surface area (Å²) >= 11 is 0. The quantitative estimate of drug-likeness (QED) is 0.0291. The summed E-state index contributed by atoms with van der Waals surface area (Å²) in [5, 5.41) is 0. The minimum Gasteiger partial charge on any atom is -0.726 e. The first-order chi connectivity index (χ1) is 22.9. The van der Waals surface area contributed by atoms with Gasteiger partial charge in [-0.1, -0.05) is 181 Å². The van der Waals surface area contributed by atoms with Crippen LogP contribution in [0, 0.1) is 0 Å². The van der Waals surface area contributed by atoms with E-state index in [9.17, 15) is 13.0 Å². The molecule has 0 aliphatic carbocycles. The number of likely N-dealkylation sites (N-methyl/N-ethyl adjacent to an activating group) is 1. The molecule has 0 atom stereocenters. The van der Waals surface area contributed by atoms with Crippen LogP contribution in [0.4, 0.5) is 0 Å². The molecular formula is C40H82N2O4S. The highest BCUT2D eigenvalue weighted by Crippen LogP contribution is 2.19. The zero-order valence-electron chi connectivity index (χ0n) is 32.1. The van der Waals surface area contributed by atoms with E-state index in [2.05, 4.69) is 40.8 Å². The number of nitrogens with zero attached hydrogens (tertiary/aromatic N) is 2. The highest BCUT2D eigenvalue weighted by molar-refractivity contribution is 7.80. The van der Waals surface area contributed by atoms with Gasteiger partial charge in [-0.2, -0.15) is 0 Å². The molecule has 1 heterocycles. The molecule has 47 heavy (non-hydrogen) atoms. The van der Waals surface area contributed by atoms with Crippen LogP contribution >= 0.6 is 0 Å². The summed E-state index contributed by atoms with van der Waals surface area (Å²) in [4.78, 5) is 2.52. The maximum absolute atomic E-state index is 9.45. The number of rotatable bonds is 34. The Bertz CT molecular complexity index is 742. The number of hydrogen-bond donors (Lipinski definition) is 0. The van der Waals surface area contributed by atoms with Crippen molar-refractivity contribution in [2.45, 2.75) is 226 Å². The van der Waals surface area contributed by atoms with E-state index in [4.69, 9.17) is 0 Å². The Morgan fingerprint density at radius 3 is 1.13 bits per heavy atom. The average Bonchev–Trinajstić information content (AvgIpc) is 3.53. The predicted molar refractivity (Wildman–Crippen MR) is 203 cm³/mol. The minimum atomic E-state index is -4.42. The third kappa shape index (κ3) is 33.6. The first kappa shape index (κ1) is 46.3. The van der Waals surface area contributed by atoms with Gasteiger partial charge in [-0.3, -0.25) is 13.7 Å². The molecule has 6 nitrogen and oxygen atoms in total. The maximum atomic E-state index is 9.45. The Balaban J connectivity index is 0.00000270. The SMILES string of the molecule is CCCCCCCCCCCCCCCCC(CCCCCCCCCCCCCCCC)[N+]1=CN(CC)CC1.CCOS(=O)(=O)[O-]. The molecule has 0 aromatic heterocycles. The Labute approximate surface area is 295 Å². The lowest BCUT2D eigenvalue weighted by atomic mass is 9.99. The van der Waals surface area contributed by atoms with Crippen LogP contribution in [0.2, 0.25) is 0 Å². The van der Waals surface area contributed by atoms with E-state index in [0.29, 0.717) is 0 Å². The van der Waals surface area contributed by atoms with Crippen LogP contribution < -0.4 is 0 Å². The van der Waals surface area contributed by atoms with Crippen LogP contribution in [-0.4, -0.2) is 61.1 Å². The number of hydrogen-bond acceptors (Lipinski definition) is 5. The third-order valence-electron chi connectivity index (χ3n) is 9.88. The summed E-state index contributed by atoms with van der Waals surface area (Å²) in [6, 6.07) is 0.797. The van der Waals surface area contributed by atoms with Crippen molar-refractivity contribution in [3.8, 4) is 0 Å². The standard InChI is InChI=1S/C38H77N2.C2H6O4S/c1-4-7-9-11-13-15-17-19-21-23-25-27-29-31-33-38(40-36-35-39(6-3)37-40)34-32-30-28-26-24-22-20-18-16-14-12-10-8-5-2;1-2-6-7(3,4)5/h37-38H,4-36H2,1-3H3;2H2,1H3,(H,3,4,5)/q+1;/p-1. The summed E-state index contributed by atoms with van der Waals surface area (Å²) in [6.07, 6.45) is 46.2. The second-order valence-electron chi connectivity index (χ2n) is 14.2. The van der Waals surface area contributed by atoms with Crippen LogP contribution in [0.3, 0.4) is 0 Å². The molecule has 7 heteroatoms. The molecule has 0 N–H and O–H groups in total. The molecule has 0 saturated heterocycles. The van der Waals surface area contributed by atoms with Gasteiger partial charge in [0.1, 0.15) is 13.1 Å². The van der Waals surface area contributed by atoms with Crippen molar-refractivity contribution in [1.82, 2.24) is 4.90 Å². The van der Waals surface area contributed by atoms with Crippen molar-refractivity contribution in [2.75, 3.05) is 26.2 Å². The lowest BCUT2D eigenvalue weighted by molar-refractivity contribution is -0.555. The Morgan fingerprint density at radius 1 is 0.574 bits per heavy atom. The smallest absolute Gasteiger partial charge is 0.234 e. The molecule has 1 rings (SSSR count). The van der Waals surface area contributed by atoms with Crippen molar-refractivity contribution < 1.29 is 21.7 Å². The minimum absolute atomic E-state index is 0.0914. The molecule has 0 amide bonds. The molecule has 1 aliphatic heterocycles. The lowest BCUT2D eigenvalue weighted by Gasteiger charge is -2.16. The van der Waals surface area contributed by atoms with Crippen molar-refractivity contribution >= 4 is 16.7 Å². The van der Waals surface area contributed by atoms with Gasteiger partial charge < -0.3 is 4.55 Å². The molecule has 0 saturated carbocycles. The lowest BCUT2D eigenvalue weighted by Crippen LogP contribution is -2.26. The average molecular weight is 687 g/mol.